The second-order valence-electron chi connectivity index (χ2n) is 3.93. The lowest BCUT2D eigenvalue weighted by Gasteiger charge is -2.07. The van der Waals surface area contributed by atoms with E-state index in [9.17, 15) is 18.0 Å². The van der Waals surface area contributed by atoms with Crippen LogP contribution in [0.3, 0.4) is 0 Å². The van der Waals surface area contributed by atoms with E-state index in [0.29, 0.717) is 4.88 Å². The van der Waals surface area contributed by atoms with Crippen molar-refractivity contribution in [1.82, 2.24) is 4.98 Å². The number of aryl methyl sites for hydroxylation is 1. The van der Waals surface area contributed by atoms with Crippen molar-refractivity contribution in [2.75, 3.05) is 0 Å². The van der Waals surface area contributed by atoms with E-state index in [2.05, 4.69) is 20.9 Å². The van der Waals surface area contributed by atoms with E-state index in [1.807, 2.05) is 6.92 Å². The minimum Gasteiger partial charge on any atom is -0.288 e. The van der Waals surface area contributed by atoms with Gasteiger partial charge in [-0.15, -0.1) is 11.3 Å². The summed E-state index contributed by atoms with van der Waals surface area (Å²) in [5, 5.41) is -0.452. The van der Waals surface area contributed by atoms with Gasteiger partial charge in [0.05, 0.1) is 14.2 Å². The van der Waals surface area contributed by atoms with Crippen LogP contribution in [0.15, 0.2) is 22.0 Å². The SMILES string of the molecule is Cc1cc(C(=O)c2ccc(C(F)(F)F)nc2Cl)sc1Br. The molecule has 0 aliphatic rings. The Labute approximate surface area is 129 Å². The summed E-state index contributed by atoms with van der Waals surface area (Å²) in [6.07, 6.45) is -4.59. The first-order valence-electron chi connectivity index (χ1n) is 5.24. The summed E-state index contributed by atoms with van der Waals surface area (Å²) in [5.41, 5.74) is -0.301. The highest BCUT2D eigenvalue weighted by atomic mass is 79.9. The molecule has 0 spiro atoms. The number of rotatable bonds is 2. The molecule has 0 N–H and O–H groups in total. The number of carbonyl (C=O) groups excluding carboxylic acids is 1. The maximum atomic E-state index is 12.5. The van der Waals surface area contributed by atoms with Gasteiger partial charge in [-0.25, -0.2) is 4.98 Å². The van der Waals surface area contributed by atoms with Gasteiger partial charge in [0.25, 0.3) is 0 Å². The molecule has 106 valence electrons. The smallest absolute Gasteiger partial charge is 0.288 e. The molecule has 0 unspecified atom stereocenters. The van der Waals surface area contributed by atoms with Crippen LogP contribution in [0, 0.1) is 6.92 Å². The van der Waals surface area contributed by atoms with Crippen molar-refractivity contribution in [2.45, 2.75) is 13.1 Å². The monoisotopic (exact) mass is 383 g/mol. The van der Waals surface area contributed by atoms with Crippen molar-refractivity contribution >= 4 is 44.7 Å². The largest absolute Gasteiger partial charge is 0.433 e. The quantitative estimate of drug-likeness (QED) is 0.531. The van der Waals surface area contributed by atoms with Crippen LogP contribution in [0.4, 0.5) is 13.2 Å². The molecule has 0 amide bonds. The number of hydrogen-bond acceptors (Lipinski definition) is 3. The van der Waals surface area contributed by atoms with Crippen molar-refractivity contribution in [3.63, 3.8) is 0 Å². The van der Waals surface area contributed by atoms with E-state index >= 15 is 0 Å². The summed E-state index contributed by atoms with van der Waals surface area (Å²) in [4.78, 5) is 15.8. The van der Waals surface area contributed by atoms with Crippen LogP contribution in [0.25, 0.3) is 0 Å². The molecule has 2 nitrogen and oxygen atoms in total. The Morgan fingerprint density at radius 2 is 2.05 bits per heavy atom. The molecule has 0 saturated heterocycles. The van der Waals surface area contributed by atoms with Crippen LogP contribution in [0.5, 0.6) is 0 Å². The van der Waals surface area contributed by atoms with Gasteiger partial charge in [0.1, 0.15) is 10.8 Å². The van der Waals surface area contributed by atoms with E-state index in [1.54, 1.807) is 6.07 Å². The maximum absolute atomic E-state index is 12.5. The van der Waals surface area contributed by atoms with Gasteiger partial charge in [-0.2, -0.15) is 13.2 Å². The van der Waals surface area contributed by atoms with Crippen LogP contribution in [-0.2, 0) is 6.18 Å². The number of thiophene rings is 1. The number of aromatic nitrogens is 1. The van der Waals surface area contributed by atoms with Gasteiger partial charge in [-0.05, 0) is 46.6 Å². The third kappa shape index (κ3) is 3.05. The Bertz CT molecular complexity index is 664. The van der Waals surface area contributed by atoms with E-state index in [1.165, 1.54) is 11.3 Å². The summed E-state index contributed by atoms with van der Waals surface area (Å²) in [6.45, 7) is 1.81. The van der Waals surface area contributed by atoms with Gasteiger partial charge in [-0.1, -0.05) is 11.6 Å². The van der Waals surface area contributed by atoms with Crippen LogP contribution in [0.2, 0.25) is 5.15 Å². The average Bonchev–Trinajstić information content (AvgIpc) is 2.67. The molecule has 0 aliphatic heterocycles. The fourth-order valence-electron chi connectivity index (χ4n) is 1.47. The fourth-order valence-corrected chi connectivity index (χ4v) is 3.19. The highest BCUT2D eigenvalue weighted by molar-refractivity contribution is 9.11. The molecule has 2 heterocycles. The summed E-state index contributed by atoms with van der Waals surface area (Å²) < 4.78 is 38.2. The summed E-state index contributed by atoms with van der Waals surface area (Å²) in [7, 11) is 0. The van der Waals surface area contributed by atoms with Crippen LogP contribution >= 0.6 is 38.9 Å². The first-order chi connectivity index (χ1) is 9.20. The van der Waals surface area contributed by atoms with E-state index in [-0.39, 0.29) is 5.56 Å². The molecule has 0 aromatic carbocycles. The standard InChI is InChI=1S/C12H6BrClF3NOS/c1-5-4-7(20-10(5)13)9(19)6-2-3-8(12(15,16)17)18-11(6)14/h2-4H,1H3. The number of nitrogens with zero attached hydrogens (tertiary/aromatic N) is 1. The number of ketones is 1. The third-order valence-corrected chi connectivity index (χ3v) is 4.89. The van der Waals surface area contributed by atoms with E-state index in [4.69, 9.17) is 11.6 Å². The fraction of sp³-hybridized carbons (Fsp3) is 0.167. The Balaban J connectivity index is 2.41. The van der Waals surface area contributed by atoms with E-state index < -0.39 is 22.8 Å². The molecule has 0 fully saturated rings. The molecule has 0 aliphatic carbocycles. The predicted molar refractivity (Wildman–Crippen MR) is 74.4 cm³/mol. The lowest BCUT2D eigenvalue weighted by atomic mass is 10.1. The number of hydrogen-bond donors (Lipinski definition) is 0. The number of alkyl halides is 3. The second kappa shape index (κ2) is 5.46. The first kappa shape index (κ1) is 15.5. The zero-order valence-corrected chi connectivity index (χ0v) is 13.0. The van der Waals surface area contributed by atoms with Crippen LogP contribution in [0.1, 0.15) is 26.5 Å². The Hall–Kier alpha value is -0.920. The lowest BCUT2D eigenvalue weighted by Crippen LogP contribution is -2.10. The molecule has 2 rings (SSSR count). The molecule has 2 aromatic rings. The molecule has 0 saturated carbocycles. The summed E-state index contributed by atoms with van der Waals surface area (Å²) >= 11 is 10.2. The first-order valence-corrected chi connectivity index (χ1v) is 7.23. The van der Waals surface area contributed by atoms with Gasteiger partial charge >= 0.3 is 6.18 Å². The van der Waals surface area contributed by atoms with Crippen molar-refractivity contribution in [3.8, 4) is 0 Å². The average molecular weight is 385 g/mol. The van der Waals surface area contributed by atoms with Crippen molar-refractivity contribution in [1.29, 1.82) is 0 Å². The van der Waals surface area contributed by atoms with E-state index in [0.717, 1.165) is 21.5 Å². The Kier molecular flexibility index (Phi) is 4.22. The third-order valence-electron chi connectivity index (χ3n) is 2.46. The summed E-state index contributed by atoms with van der Waals surface area (Å²) in [6, 6.07) is 3.43. The molecule has 8 heteroatoms. The minimum atomic E-state index is -4.59. The summed E-state index contributed by atoms with van der Waals surface area (Å²) in [5.74, 6) is -0.449. The second-order valence-corrected chi connectivity index (χ2v) is 6.66. The molecular formula is C12H6BrClF3NOS. The maximum Gasteiger partial charge on any atom is 0.433 e. The number of halogens is 5. The van der Waals surface area contributed by atoms with Crippen molar-refractivity contribution in [2.24, 2.45) is 0 Å². The molecule has 2 aromatic heterocycles. The molecule has 0 radical (unpaired) electrons. The van der Waals surface area contributed by atoms with Crippen LogP contribution < -0.4 is 0 Å². The van der Waals surface area contributed by atoms with Gasteiger partial charge < -0.3 is 0 Å². The number of carbonyl (C=O) groups is 1. The highest BCUT2D eigenvalue weighted by Gasteiger charge is 2.33. The van der Waals surface area contributed by atoms with Crippen molar-refractivity contribution < 1.29 is 18.0 Å². The van der Waals surface area contributed by atoms with Gasteiger partial charge in [0, 0.05) is 0 Å². The van der Waals surface area contributed by atoms with Crippen LogP contribution in [-0.4, -0.2) is 10.8 Å². The zero-order valence-electron chi connectivity index (χ0n) is 9.89. The molecule has 0 atom stereocenters. The topological polar surface area (TPSA) is 30.0 Å². The molecule has 20 heavy (non-hydrogen) atoms. The van der Waals surface area contributed by atoms with Crippen molar-refractivity contribution in [3.05, 3.63) is 48.8 Å². The lowest BCUT2D eigenvalue weighted by molar-refractivity contribution is -0.141. The normalized spacial score (nSPS) is 11.7. The molecule has 0 bridgehead atoms. The Morgan fingerprint density at radius 1 is 1.40 bits per heavy atom. The zero-order chi connectivity index (χ0) is 15.1. The Morgan fingerprint density at radius 3 is 2.50 bits per heavy atom. The van der Waals surface area contributed by atoms with Gasteiger partial charge in [-0.3, -0.25) is 4.79 Å². The molecular weight excluding hydrogens is 379 g/mol. The highest BCUT2D eigenvalue weighted by Crippen LogP contribution is 2.32. The van der Waals surface area contributed by atoms with Gasteiger partial charge in [0.2, 0.25) is 5.78 Å². The number of pyridine rings is 1. The predicted octanol–water partition coefficient (Wildman–Crippen LogP) is 5.12. The van der Waals surface area contributed by atoms with Gasteiger partial charge in [0.15, 0.2) is 0 Å². The minimum absolute atomic E-state index is 0.0478.